The molecular weight excluding hydrogens is 388 g/mol. The number of carbonyl (C=O) groups is 1. The Hall–Kier alpha value is -0.990. The van der Waals surface area contributed by atoms with Crippen LogP contribution >= 0.6 is 0 Å². The molecule has 0 aromatic heterocycles. The first-order chi connectivity index (χ1) is 13.8. The van der Waals surface area contributed by atoms with Crippen molar-refractivity contribution in [2.24, 2.45) is 17.8 Å². The summed E-state index contributed by atoms with van der Waals surface area (Å²) in [5.74, 6) is -1.05. The molecule has 1 aliphatic rings. The van der Waals surface area contributed by atoms with Crippen LogP contribution in [0.25, 0.3) is 0 Å². The Kier molecular flexibility index (Phi) is 11.0. The van der Waals surface area contributed by atoms with Crippen molar-refractivity contribution in [2.75, 3.05) is 6.61 Å². The van der Waals surface area contributed by atoms with E-state index in [0.717, 1.165) is 0 Å². The molecule has 176 valence electrons. The summed E-state index contributed by atoms with van der Waals surface area (Å²) in [5, 5.41) is 31.4. The molecule has 0 aliphatic carbocycles. The Bertz CT molecular complexity index is 546. The summed E-state index contributed by atoms with van der Waals surface area (Å²) >= 11 is 0. The summed E-state index contributed by atoms with van der Waals surface area (Å²) in [6.07, 6.45) is 1.76. The molecule has 3 N–H and O–H groups in total. The summed E-state index contributed by atoms with van der Waals surface area (Å²) in [6.45, 7) is 13.4. The number of ether oxygens (including phenoxy) is 3. The molecule has 0 spiro atoms. The van der Waals surface area contributed by atoms with E-state index in [1.165, 1.54) is 6.92 Å². The maximum absolute atomic E-state index is 10.7. The van der Waals surface area contributed by atoms with Gasteiger partial charge in [-0.25, -0.2) is 0 Å². The maximum atomic E-state index is 10.7. The molecule has 1 aliphatic heterocycles. The minimum Gasteiger partial charge on any atom is -0.462 e. The lowest BCUT2D eigenvalue weighted by molar-refractivity contribution is -0.329. The molecule has 1 saturated heterocycles. The van der Waals surface area contributed by atoms with Crippen molar-refractivity contribution in [3.8, 4) is 0 Å². The lowest BCUT2D eigenvalue weighted by atomic mass is 9.83. The molecule has 30 heavy (non-hydrogen) atoms. The van der Waals surface area contributed by atoms with Crippen molar-refractivity contribution >= 4 is 5.97 Å². The molecule has 0 aromatic carbocycles. The first-order valence-corrected chi connectivity index (χ1v) is 11.0. The molecule has 0 unspecified atom stereocenters. The molecular formula is C23H42O7. The number of aliphatic hydroxyl groups excluding tert-OH is 3. The Labute approximate surface area is 181 Å². The smallest absolute Gasteiger partial charge is 0.302 e. The highest BCUT2D eigenvalue weighted by Gasteiger charge is 2.43. The highest BCUT2D eigenvalue weighted by atomic mass is 16.7. The van der Waals surface area contributed by atoms with Gasteiger partial charge < -0.3 is 29.5 Å². The second kappa shape index (κ2) is 12.2. The molecule has 1 fully saturated rings. The van der Waals surface area contributed by atoms with Crippen LogP contribution in [0.2, 0.25) is 0 Å². The maximum Gasteiger partial charge on any atom is 0.302 e. The quantitative estimate of drug-likeness (QED) is 0.342. The number of esters is 1. The van der Waals surface area contributed by atoms with Crippen molar-refractivity contribution in [1.29, 1.82) is 0 Å². The van der Waals surface area contributed by atoms with Crippen molar-refractivity contribution in [3.63, 3.8) is 0 Å². The Morgan fingerprint density at radius 2 is 1.73 bits per heavy atom. The normalized spacial score (nSPS) is 28.3. The van der Waals surface area contributed by atoms with Gasteiger partial charge in [0.1, 0.15) is 6.61 Å². The summed E-state index contributed by atoms with van der Waals surface area (Å²) in [5.41, 5.74) is 0. The molecule has 7 atom stereocenters. The Morgan fingerprint density at radius 3 is 2.30 bits per heavy atom. The number of aliphatic hydroxyl groups is 3. The van der Waals surface area contributed by atoms with Crippen molar-refractivity contribution < 1.29 is 34.3 Å². The van der Waals surface area contributed by atoms with E-state index in [1.54, 1.807) is 19.1 Å². The molecule has 0 aromatic rings. The minimum atomic E-state index is -0.846. The van der Waals surface area contributed by atoms with Crippen molar-refractivity contribution in [3.05, 3.63) is 12.2 Å². The van der Waals surface area contributed by atoms with Crippen LogP contribution in [0.15, 0.2) is 12.2 Å². The SMILES string of the molecule is CC(=O)OC/C=C/C[C@H](O)C[C@H](O)[C@H](C)[C@H](O)C[C@@H]1OC(C)(C)O[C@H](C(C)C)[C@H]1C. The van der Waals surface area contributed by atoms with Gasteiger partial charge in [0.25, 0.3) is 0 Å². The molecule has 1 rings (SSSR count). The van der Waals surface area contributed by atoms with E-state index in [-0.39, 0.29) is 37.1 Å². The van der Waals surface area contributed by atoms with Crippen molar-refractivity contribution in [1.82, 2.24) is 0 Å². The van der Waals surface area contributed by atoms with Gasteiger partial charge in [0.05, 0.1) is 30.5 Å². The van der Waals surface area contributed by atoms with E-state index in [9.17, 15) is 20.1 Å². The zero-order chi connectivity index (χ0) is 23.1. The fourth-order valence-corrected chi connectivity index (χ4v) is 3.94. The van der Waals surface area contributed by atoms with Gasteiger partial charge in [-0.3, -0.25) is 4.79 Å². The molecule has 0 saturated carbocycles. The molecule has 0 radical (unpaired) electrons. The van der Waals surface area contributed by atoms with Gasteiger partial charge in [-0.05, 0) is 32.6 Å². The van der Waals surface area contributed by atoms with Crippen LogP contribution in [0.4, 0.5) is 0 Å². The minimum absolute atomic E-state index is 0.0340. The van der Waals surface area contributed by atoms with Crippen LogP contribution in [-0.4, -0.2) is 64.2 Å². The van der Waals surface area contributed by atoms with E-state index in [4.69, 9.17) is 14.2 Å². The van der Waals surface area contributed by atoms with Crippen LogP contribution in [0.3, 0.4) is 0 Å². The Balaban J connectivity index is 2.55. The second-order valence-corrected chi connectivity index (χ2v) is 9.37. The number of hydrogen-bond acceptors (Lipinski definition) is 7. The van der Waals surface area contributed by atoms with Crippen LogP contribution in [0.5, 0.6) is 0 Å². The largest absolute Gasteiger partial charge is 0.462 e. The van der Waals surface area contributed by atoms with Gasteiger partial charge in [0.15, 0.2) is 5.79 Å². The first kappa shape index (κ1) is 27.0. The van der Waals surface area contributed by atoms with Crippen LogP contribution in [0.1, 0.15) is 67.7 Å². The topological polar surface area (TPSA) is 105 Å². The van der Waals surface area contributed by atoms with Crippen LogP contribution in [-0.2, 0) is 19.0 Å². The lowest BCUT2D eigenvalue weighted by Gasteiger charge is -2.47. The second-order valence-electron chi connectivity index (χ2n) is 9.37. The molecule has 0 amide bonds. The standard InChI is InChI=1S/C23H42O7/c1-14(2)22-16(4)21(29-23(6,7)30-22)13-20(27)15(3)19(26)12-18(25)10-8-9-11-28-17(5)24/h8-9,14-16,18-22,25-27H,10-13H2,1-7H3/b9-8+/t15-,16-,18-,19-,20+,21-,22+/m0/s1. The Morgan fingerprint density at radius 1 is 1.10 bits per heavy atom. The third-order valence-corrected chi connectivity index (χ3v) is 5.78. The monoisotopic (exact) mass is 430 g/mol. The van der Waals surface area contributed by atoms with Crippen molar-refractivity contribution in [2.45, 2.75) is 104 Å². The highest BCUT2D eigenvalue weighted by Crippen LogP contribution is 2.37. The van der Waals surface area contributed by atoms with E-state index in [0.29, 0.717) is 18.8 Å². The van der Waals surface area contributed by atoms with Crippen LogP contribution < -0.4 is 0 Å². The third-order valence-electron chi connectivity index (χ3n) is 5.78. The average molecular weight is 431 g/mol. The molecule has 0 bridgehead atoms. The lowest BCUT2D eigenvalue weighted by Crippen LogP contribution is -2.53. The highest BCUT2D eigenvalue weighted by molar-refractivity contribution is 5.65. The molecule has 7 nitrogen and oxygen atoms in total. The zero-order valence-corrected chi connectivity index (χ0v) is 19.6. The van der Waals surface area contributed by atoms with E-state index >= 15 is 0 Å². The predicted octanol–water partition coefficient (Wildman–Crippen LogP) is 2.81. The summed E-state index contributed by atoms with van der Waals surface area (Å²) in [6, 6.07) is 0. The van der Waals surface area contributed by atoms with E-state index in [1.807, 2.05) is 13.8 Å². The molecule has 7 heteroatoms. The third kappa shape index (κ3) is 9.02. The molecule has 1 heterocycles. The summed E-state index contributed by atoms with van der Waals surface area (Å²) < 4.78 is 16.9. The fraction of sp³-hybridized carbons (Fsp3) is 0.870. The number of carbonyl (C=O) groups excluding carboxylic acids is 1. The fourth-order valence-electron chi connectivity index (χ4n) is 3.94. The zero-order valence-electron chi connectivity index (χ0n) is 19.6. The number of rotatable bonds is 11. The van der Waals surface area contributed by atoms with Gasteiger partial charge in [0, 0.05) is 25.2 Å². The first-order valence-electron chi connectivity index (χ1n) is 11.0. The summed E-state index contributed by atoms with van der Waals surface area (Å²) in [7, 11) is 0. The van der Waals surface area contributed by atoms with E-state index < -0.39 is 30.0 Å². The van der Waals surface area contributed by atoms with Gasteiger partial charge in [-0.2, -0.15) is 0 Å². The van der Waals surface area contributed by atoms with Crippen LogP contribution in [0, 0.1) is 17.8 Å². The van der Waals surface area contributed by atoms with Gasteiger partial charge in [-0.1, -0.05) is 39.8 Å². The number of hydrogen-bond donors (Lipinski definition) is 3. The predicted molar refractivity (Wildman–Crippen MR) is 115 cm³/mol. The van der Waals surface area contributed by atoms with Gasteiger partial charge in [0.2, 0.25) is 0 Å². The van der Waals surface area contributed by atoms with Gasteiger partial charge >= 0.3 is 5.97 Å². The van der Waals surface area contributed by atoms with Gasteiger partial charge in [-0.15, -0.1) is 0 Å². The van der Waals surface area contributed by atoms with E-state index in [2.05, 4.69) is 20.8 Å². The summed E-state index contributed by atoms with van der Waals surface area (Å²) in [4.78, 5) is 10.7. The average Bonchev–Trinajstić information content (AvgIpc) is 2.62.